The van der Waals surface area contributed by atoms with Gasteiger partial charge in [-0.25, -0.2) is 0 Å². The molecule has 1 aromatic rings. The summed E-state index contributed by atoms with van der Waals surface area (Å²) in [6, 6.07) is 1.80. The lowest BCUT2D eigenvalue weighted by Crippen LogP contribution is -2.28. The average molecular weight is 346 g/mol. The predicted molar refractivity (Wildman–Crippen MR) is 91.7 cm³/mol. The van der Waals surface area contributed by atoms with E-state index in [1.807, 2.05) is 10.8 Å². The number of rotatable bonds is 8. The van der Waals surface area contributed by atoms with Crippen LogP contribution < -0.4 is 16.0 Å². The minimum Gasteiger partial charge on any atom is -0.356 e. The van der Waals surface area contributed by atoms with E-state index in [9.17, 15) is 9.59 Å². The maximum absolute atomic E-state index is 11.7. The van der Waals surface area contributed by atoms with Crippen molar-refractivity contribution in [2.45, 2.75) is 25.7 Å². The van der Waals surface area contributed by atoms with Crippen LogP contribution >= 0.6 is 23.7 Å². The van der Waals surface area contributed by atoms with Gasteiger partial charge in [0.15, 0.2) is 0 Å². The summed E-state index contributed by atoms with van der Waals surface area (Å²) in [5.41, 5.74) is 0.689. The maximum Gasteiger partial charge on any atom is 0.252 e. The molecule has 124 valence electrons. The Balaban J connectivity index is 0.00000242. The van der Waals surface area contributed by atoms with Crippen LogP contribution in [0.4, 0.5) is 0 Å². The van der Waals surface area contributed by atoms with Gasteiger partial charge in [-0.3, -0.25) is 9.59 Å². The molecule has 1 saturated heterocycles. The highest BCUT2D eigenvalue weighted by molar-refractivity contribution is 7.08. The van der Waals surface area contributed by atoms with Crippen molar-refractivity contribution in [3.05, 3.63) is 22.4 Å². The Morgan fingerprint density at radius 1 is 1.32 bits per heavy atom. The fourth-order valence-electron chi connectivity index (χ4n) is 2.41. The second-order valence-corrected chi connectivity index (χ2v) is 6.15. The molecule has 0 bridgehead atoms. The number of hydrogen-bond donors (Lipinski definition) is 3. The standard InChI is InChI=1S/C15H23N3O2S.ClH/c19-14(17-8-4-12-3-7-16-10-12)2-1-6-18-15(20)13-5-9-21-11-13;/h5,9,11-12,16H,1-4,6-8,10H2,(H,17,19)(H,18,20);1H. The van der Waals surface area contributed by atoms with Crippen LogP contribution in [0, 0.1) is 5.92 Å². The molecule has 22 heavy (non-hydrogen) atoms. The Morgan fingerprint density at radius 2 is 2.18 bits per heavy atom. The predicted octanol–water partition coefficient (Wildman–Crippen LogP) is 1.80. The molecule has 5 nitrogen and oxygen atoms in total. The van der Waals surface area contributed by atoms with Crippen molar-refractivity contribution < 1.29 is 9.59 Å². The summed E-state index contributed by atoms with van der Waals surface area (Å²) in [6.07, 6.45) is 3.40. The van der Waals surface area contributed by atoms with Crippen molar-refractivity contribution in [2.24, 2.45) is 5.92 Å². The van der Waals surface area contributed by atoms with Gasteiger partial charge in [-0.2, -0.15) is 11.3 Å². The lowest BCUT2D eigenvalue weighted by Gasteiger charge is -2.09. The summed E-state index contributed by atoms with van der Waals surface area (Å²) in [6.45, 7) is 3.47. The first-order valence-corrected chi connectivity index (χ1v) is 8.48. The minimum absolute atomic E-state index is 0. The highest BCUT2D eigenvalue weighted by Gasteiger charge is 2.14. The SMILES string of the molecule is Cl.O=C(CCCNC(=O)c1ccsc1)NCCC1CCNC1. The molecule has 1 aromatic heterocycles. The van der Waals surface area contributed by atoms with Crippen LogP contribution in [0.3, 0.4) is 0 Å². The highest BCUT2D eigenvalue weighted by Crippen LogP contribution is 2.10. The second kappa shape index (κ2) is 10.6. The summed E-state index contributed by atoms with van der Waals surface area (Å²) in [7, 11) is 0. The van der Waals surface area contributed by atoms with Crippen LogP contribution in [-0.4, -0.2) is 38.0 Å². The normalized spacial score (nSPS) is 16.8. The van der Waals surface area contributed by atoms with Gasteiger partial charge in [0.1, 0.15) is 0 Å². The van der Waals surface area contributed by atoms with E-state index in [2.05, 4.69) is 16.0 Å². The number of carbonyl (C=O) groups excluding carboxylic acids is 2. The second-order valence-electron chi connectivity index (χ2n) is 5.37. The molecule has 0 spiro atoms. The largest absolute Gasteiger partial charge is 0.356 e. The van der Waals surface area contributed by atoms with E-state index < -0.39 is 0 Å². The number of amides is 2. The average Bonchev–Trinajstić information content (AvgIpc) is 3.16. The number of hydrogen-bond acceptors (Lipinski definition) is 4. The quantitative estimate of drug-likeness (QED) is 0.629. The fraction of sp³-hybridized carbons (Fsp3) is 0.600. The third kappa shape index (κ3) is 6.77. The topological polar surface area (TPSA) is 70.2 Å². The molecule has 7 heteroatoms. The van der Waals surface area contributed by atoms with Crippen molar-refractivity contribution in [3.63, 3.8) is 0 Å². The molecule has 2 amide bonds. The van der Waals surface area contributed by atoms with Crippen molar-refractivity contribution in [3.8, 4) is 0 Å². The van der Waals surface area contributed by atoms with Gasteiger partial charge in [-0.15, -0.1) is 12.4 Å². The molecule has 1 aliphatic rings. The third-order valence-corrected chi connectivity index (χ3v) is 4.37. The van der Waals surface area contributed by atoms with Crippen molar-refractivity contribution >= 4 is 35.6 Å². The molecule has 0 aromatic carbocycles. The van der Waals surface area contributed by atoms with Gasteiger partial charge in [0.2, 0.25) is 5.91 Å². The molecule has 0 saturated carbocycles. The van der Waals surface area contributed by atoms with E-state index >= 15 is 0 Å². The van der Waals surface area contributed by atoms with E-state index in [0.717, 1.165) is 26.1 Å². The zero-order valence-corrected chi connectivity index (χ0v) is 14.2. The molecular formula is C15H24ClN3O2S. The van der Waals surface area contributed by atoms with Crippen LogP contribution in [0.15, 0.2) is 16.8 Å². The van der Waals surface area contributed by atoms with Gasteiger partial charge in [0.05, 0.1) is 0 Å². The summed E-state index contributed by atoms with van der Waals surface area (Å²) in [5.74, 6) is 0.714. The molecule has 1 aliphatic heterocycles. The van der Waals surface area contributed by atoms with Crippen molar-refractivity contribution in [1.82, 2.24) is 16.0 Å². The van der Waals surface area contributed by atoms with E-state index in [1.54, 1.807) is 6.07 Å². The molecular weight excluding hydrogens is 322 g/mol. The highest BCUT2D eigenvalue weighted by atomic mass is 35.5. The van der Waals surface area contributed by atoms with Crippen LogP contribution in [0.1, 0.15) is 36.0 Å². The van der Waals surface area contributed by atoms with Gasteiger partial charge < -0.3 is 16.0 Å². The minimum atomic E-state index is -0.0645. The molecule has 1 atom stereocenters. The Bertz CT molecular complexity index is 448. The Morgan fingerprint density at radius 3 is 2.86 bits per heavy atom. The van der Waals surface area contributed by atoms with Crippen LogP contribution in [0.5, 0.6) is 0 Å². The van der Waals surface area contributed by atoms with E-state index in [1.165, 1.54) is 17.8 Å². The smallest absolute Gasteiger partial charge is 0.252 e. The molecule has 3 N–H and O–H groups in total. The zero-order valence-electron chi connectivity index (χ0n) is 12.6. The van der Waals surface area contributed by atoms with Crippen LogP contribution in [-0.2, 0) is 4.79 Å². The molecule has 1 fully saturated rings. The van der Waals surface area contributed by atoms with Crippen LogP contribution in [0.25, 0.3) is 0 Å². The number of halogens is 1. The molecule has 2 heterocycles. The summed E-state index contributed by atoms with van der Waals surface area (Å²) < 4.78 is 0. The van der Waals surface area contributed by atoms with E-state index in [0.29, 0.717) is 30.9 Å². The summed E-state index contributed by atoms with van der Waals surface area (Å²) in [5, 5.41) is 12.8. The van der Waals surface area contributed by atoms with E-state index in [4.69, 9.17) is 0 Å². The van der Waals surface area contributed by atoms with Crippen molar-refractivity contribution in [2.75, 3.05) is 26.2 Å². The maximum atomic E-state index is 11.7. The Kier molecular flexibility index (Phi) is 9.11. The van der Waals surface area contributed by atoms with Crippen molar-refractivity contribution in [1.29, 1.82) is 0 Å². The molecule has 0 radical (unpaired) electrons. The summed E-state index contributed by atoms with van der Waals surface area (Å²) >= 11 is 1.50. The van der Waals surface area contributed by atoms with Crippen LogP contribution in [0.2, 0.25) is 0 Å². The van der Waals surface area contributed by atoms with Gasteiger partial charge in [-0.05, 0) is 49.7 Å². The fourth-order valence-corrected chi connectivity index (χ4v) is 3.05. The van der Waals surface area contributed by atoms with Gasteiger partial charge >= 0.3 is 0 Å². The Labute approximate surface area is 141 Å². The lowest BCUT2D eigenvalue weighted by atomic mass is 10.1. The van der Waals surface area contributed by atoms with Gasteiger partial charge in [-0.1, -0.05) is 0 Å². The number of carbonyl (C=O) groups is 2. The number of nitrogens with one attached hydrogen (secondary N) is 3. The lowest BCUT2D eigenvalue weighted by molar-refractivity contribution is -0.121. The summed E-state index contributed by atoms with van der Waals surface area (Å²) in [4.78, 5) is 23.3. The molecule has 1 unspecified atom stereocenters. The first kappa shape index (κ1) is 18.9. The molecule has 0 aliphatic carbocycles. The zero-order chi connectivity index (χ0) is 14.9. The monoisotopic (exact) mass is 345 g/mol. The number of thiophene rings is 1. The van der Waals surface area contributed by atoms with Gasteiger partial charge in [0.25, 0.3) is 5.91 Å². The van der Waals surface area contributed by atoms with E-state index in [-0.39, 0.29) is 24.2 Å². The van der Waals surface area contributed by atoms with Gasteiger partial charge in [0, 0.05) is 30.5 Å². The third-order valence-electron chi connectivity index (χ3n) is 3.69. The first-order chi connectivity index (χ1) is 10.3. The Hall–Kier alpha value is -1.11. The first-order valence-electron chi connectivity index (χ1n) is 7.53. The molecule has 2 rings (SSSR count).